The van der Waals surface area contributed by atoms with E-state index >= 15 is 0 Å². The molecule has 1 fully saturated rings. The van der Waals surface area contributed by atoms with Crippen molar-refractivity contribution < 1.29 is 18.4 Å². The van der Waals surface area contributed by atoms with Crippen molar-refractivity contribution in [2.45, 2.75) is 33.1 Å². The summed E-state index contributed by atoms with van der Waals surface area (Å²) in [6, 6.07) is 6.03. The van der Waals surface area contributed by atoms with Crippen LogP contribution in [0.2, 0.25) is 0 Å². The molecule has 1 aromatic heterocycles. The van der Waals surface area contributed by atoms with Crippen molar-refractivity contribution >= 4 is 5.91 Å². The molecule has 1 unspecified atom stereocenters. The molecule has 0 saturated carbocycles. The van der Waals surface area contributed by atoms with Gasteiger partial charge in [-0.15, -0.1) is 0 Å². The fourth-order valence-electron chi connectivity index (χ4n) is 3.19. The van der Waals surface area contributed by atoms with Crippen LogP contribution in [0.3, 0.4) is 0 Å². The summed E-state index contributed by atoms with van der Waals surface area (Å²) in [7, 11) is 0. The smallest absolute Gasteiger partial charge is 0.227 e. The fraction of sp³-hybridized carbons (Fsp3) is 0.474. The summed E-state index contributed by atoms with van der Waals surface area (Å²) in [5.41, 5.74) is 1.68. The maximum absolute atomic E-state index is 12.9. The SMILES string of the molecule is Cc1noc(C)c1CC(=O)N1CCC(CCOc2ccc(F)cc2)C1. The molecule has 0 bridgehead atoms. The molecule has 0 radical (unpaired) electrons. The molecular formula is C19H23FN2O3. The molecule has 0 N–H and O–H groups in total. The molecule has 2 aromatic rings. The molecule has 1 aliphatic heterocycles. The van der Waals surface area contributed by atoms with Gasteiger partial charge in [-0.1, -0.05) is 5.16 Å². The first-order chi connectivity index (χ1) is 12.0. The number of hydrogen-bond acceptors (Lipinski definition) is 4. The zero-order chi connectivity index (χ0) is 17.8. The summed E-state index contributed by atoms with van der Waals surface area (Å²) in [4.78, 5) is 14.4. The maximum Gasteiger partial charge on any atom is 0.227 e. The van der Waals surface area contributed by atoms with E-state index in [1.54, 1.807) is 12.1 Å². The van der Waals surface area contributed by atoms with Gasteiger partial charge in [-0.2, -0.15) is 0 Å². The molecule has 1 amide bonds. The van der Waals surface area contributed by atoms with Crippen LogP contribution in [0.4, 0.5) is 4.39 Å². The quantitative estimate of drug-likeness (QED) is 0.805. The summed E-state index contributed by atoms with van der Waals surface area (Å²) >= 11 is 0. The minimum Gasteiger partial charge on any atom is -0.494 e. The van der Waals surface area contributed by atoms with E-state index in [0.717, 1.165) is 37.2 Å². The summed E-state index contributed by atoms with van der Waals surface area (Å²) in [6.45, 7) is 5.81. The Hall–Kier alpha value is -2.37. The van der Waals surface area contributed by atoms with Crippen LogP contribution >= 0.6 is 0 Å². The first-order valence-corrected chi connectivity index (χ1v) is 8.61. The van der Waals surface area contributed by atoms with E-state index in [9.17, 15) is 9.18 Å². The third-order valence-corrected chi connectivity index (χ3v) is 4.76. The standard InChI is InChI=1S/C19H23FN2O3/c1-13-18(14(2)25-21-13)11-19(23)22-9-7-15(12-22)8-10-24-17-5-3-16(20)4-6-17/h3-6,15H,7-12H2,1-2H3. The molecule has 1 aromatic carbocycles. The van der Waals surface area contributed by atoms with Crippen molar-refractivity contribution in [3.8, 4) is 5.75 Å². The van der Waals surface area contributed by atoms with Crippen molar-refractivity contribution in [2.24, 2.45) is 5.92 Å². The largest absolute Gasteiger partial charge is 0.494 e. The molecule has 1 atom stereocenters. The van der Waals surface area contributed by atoms with Gasteiger partial charge in [-0.25, -0.2) is 4.39 Å². The zero-order valence-corrected chi connectivity index (χ0v) is 14.6. The average molecular weight is 346 g/mol. The summed E-state index contributed by atoms with van der Waals surface area (Å²) < 4.78 is 23.6. The highest BCUT2D eigenvalue weighted by molar-refractivity contribution is 5.79. The van der Waals surface area contributed by atoms with Gasteiger partial charge < -0.3 is 14.2 Å². The Balaban J connectivity index is 1.43. The van der Waals surface area contributed by atoms with Crippen molar-refractivity contribution in [1.82, 2.24) is 10.1 Å². The van der Waals surface area contributed by atoms with Crippen LogP contribution in [0.15, 0.2) is 28.8 Å². The Morgan fingerprint density at radius 3 is 2.80 bits per heavy atom. The second kappa shape index (κ2) is 7.68. The first-order valence-electron chi connectivity index (χ1n) is 8.61. The van der Waals surface area contributed by atoms with Crippen molar-refractivity contribution in [3.05, 3.63) is 47.1 Å². The number of hydrogen-bond donors (Lipinski definition) is 0. The lowest BCUT2D eigenvalue weighted by Gasteiger charge is -2.16. The Bertz CT molecular complexity index is 707. The van der Waals surface area contributed by atoms with Crippen LogP contribution < -0.4 is 4.74 Å². The van der Waals surface area contributed by atoms with Crippen LogP contribution in [0.5, 0.6) is 5.75 Å². The highest BCUT2D eigenvalue weighted by atomic mass is 19.1. The molecule has 1 saturated heterocycles. The van der Waals surface area contributed by atoms with E-state index in [1.165, 1.54) is 12.1 Å². The molecular weight excluding hydrogens is 323 g/mol. The minimum atomic E-state index is -0.268. The van der Waals surface area contributed by atoms with Crippen LogP contribution in [-0.2, 0) is 11.2 Å². The second-order valence-corrected chi connectivity index (χ2v) is 6.57. The monoisotopic (exact) mass is 346 g/mol. The third-order valence-electron chi connectivity index (χ3n) is 4.76. The predicted molar refractivity (Wildman–Crippen MR) is 90.9 cm³/mol. The van der Waals surface area contributed by atoms with E-state index in [-0.39, 0.29) is 11.7 Å². The topological polar surface area (TPSA) is 55.6 Å². The molecule has 6 heteroatoms. The Morgan fingerprint density at radius 2 is 2.12 bits per heavy atom. The Labute approximate surface area is 146 Å². The number of aryl methyl sites for hydroxylation is 2. The number of halogens is 1. The van der Waals surface area contributed by atoms with Gasteiger partial charge in [0, 0.05) is 18.7 Å². The van der Waals surface area contributed by atoms with Gasteiger partial charge >= 0.3 is 0 Å². The van der Waals surface area contributed by atoms with E-state index < -0.39 is 0 Å². The number of carbonyl (C=O) groups is 1. The number of benzene rings is 1. The normalized spacial score (nSPS) is 17.1. The number of nitrogens with zero attached hydrogens (tertiary/aromatic N) is 2. The van der Waals surface area contributed by atoms with Crippen LogP contribution in [-0.4, -0.2) is 35.7 Å². The van der Waals surface area contributed by atoms with Gasteiger partial charge in [0.05, 0.1) is 18.7 Å². The molecule has 134 valence electrons. The van der Waals surface area contributed by atoms with E-state index in [1.807, 2.05) is 18.7 Å². The number of carbonyl (C=O) groups excluding carboxylic acids is 1. The van der Waals surface area contributed by atoms with Crippen molar-refractivity contribution in [2.75, 3.05) is 19.7 Å². The number of rotatable bonds is 6. The van der Waals surface area contributed by atoms with E-state index in [4.69, 9.17) is 9.26 Å². The minimum absolute atomic E-state index is 0.122. The van der Waals surface area contributed by atoms with Crippen molar-refractivity contribution in [3.63, 3.8) is 0 Å². The lowest BCUT2D eigenvalue weighted by Crippen LogP contribution is -2.30. The molecule has 0 spiro atoms. The molecule has 1 aliphatic rings. The van der Waals surface area contributed by atoms with Crippen LogP contribution in [0.1, 0.15) is 29.9 Å². The predicted octanol–water partition coefficient (Wildman–Crippen LogP) is 3.29. The van der Waals surface area contributed by atoms with E-state index in [0.29, 0.717) is 30.5 Å². The van der Waals surface area contributed by atoms with Gasteiger partial charge in [0.1, 0.15) is 17.3 Å². The fourth-order valence-corrected chi connectivity index (χ4v) is 3.19. The van der Waals surface area contributed by atoms with E-state index in [2.05, 4.69) is 5.16 Å². The van der Waals surface area contributed by atoms with Crippen LogP contribution in [0.25, 0.3) is 0 Å². The Morgan fingerprint density at radius 1 is 1.36 bits per heavy atom. The van der Waals surface area contributed by atoms with Gasteiger partial charge in [-0.3, -0.25) is 4.79 Å². The van der Waals surface area contributed by atoms with Gasteiger partial charge in [0.15, 0.2) is 0 Å². The molecule has 2 heterocycles. The highest BCUT2D eigenvalue weighted by Crippen LogP contribution is 2.22. The molecule has 25 heavy (non-hydrogen) atoms. The maximum atomic E-state index is 12.9. The van der Waals surface area contributed by atoms with Crippen LogP contribution in [0, 0.1) is 25.6 Å². The summed E-state index contributed by atoms with van der Waals surface area (Å²) in [6.07, 6.45) is 2.21. The third kappa shape index (κ3) is 4.38. The second-order valence-electron chi connectivity index (χ2n) is 6.57. The van der Waals surface area contributed by atoms with Gasteiger partial charge in [0.25, 0.3) is 0 Å². The van der Waals surface area contributed by atoms with Gasteiger partial charge in [0.2, 0.25) is 5.91 Å². The lowest BCUT2D eigenvalue weighted by molar-refractivity contribution is -0.129. The zero-order valence-electron chi connectivity index (χ0n) is 14.6. The molecule has 5 nitrogen and oxygen atoms in total. The summed E-state index contributed by atoms with van der Waals surface area (Å²) in [5, 5.41) is 3.90. The number of amides is 1. The van der Waals surface area contributed by atoms with Gasteiger partial charge in [-0.05, 0) is 56.9 Å². The number of ether oxygens (including phenoxy) is 1. The molecule has 0 aliphatic carbocycles. The lowest BCUT2D eigenvalue weighted by atomic mass is 10.1. The molecule has 3 rings (SSSR count). The number of aromatic nitrogens is 1. The highest BCUT2D eigenvalue weighted by Gasteiger charge is 2.27. The number of likely N-dealkylation sites (tertiary alicyclic amines) is 1. The Kier molecular flexibility index (Phi) is 5.36. The first kappa shape index (κ1) is 17.5. The average Bonchev–Trinajstić information content (AvgIpc) is 3.19. The van der Waals surface area contributed by atoms with Crippen molar-refractivity contribution in [1.29, 1.82) is 0 Å². The summed E-state index contributed by atoms with van der Waals surface area (Å²) in [5.74, 6) is 1.68.